The maximum atomic E-state index is 5.95. The molecule has 3 heteroatoms. The maximum absolute atomic E-state index is 5.95. The standard InChI is InChI=1S/C18H23ClN2/c1-2-12-20-18(11-10-17-5-3-4-13-21-17)14-15-6-8-16(19)9-7-15/h3-9,13,18,20H,2,10-12,14H2,1H3. The van der Waals surface area contributed by atoms with Crippen LogP contribution >= 0.6 is 11.6 Å². The lowest BCUT2D eigenvalue weighted by Crippen LogP contribution is -2.32. The highest BCUT2D eigenvalue weighted by atomic mass is 35.5. The molecular formula is C18H23ClN2. The van der Waals surface area contributed by atoms with Crippen molar-refractivity contribution in [2.45, 2.75) is 38.6 Å². The van der Waals surface area contributed by atoms with Gasteiger partial charge in [0.05, 0.1) is 0 Å². The smallest absolute Gasteiger partial charge is 0.0406 e. The zero-order chi connectivity index (χ0) is 14.9. The van der Waals surface area contributed by atoms with Crippen molar-refractivity contribution in [3.8, 4) is 0 Å². The van der Waals surface area contributed by atoms with Crippen molar-refractivity contribution in [3.05, 3.63) is 64.9 Å². The quantitative estimate of drug-likeness (QED) is 0.787. The average molecular weight is 303 g/mol. The molecule has 0 fully saturated rings. The molecule has 1 aromatic heterocycles. The lowest BCUT2D eigenvalue weighted by atomic mass is 10.0. The monoisotopic (exact) mass is 302 g/mol. The molecule has 0 amide bonds. The number of hydrogen-bond acceptors (Lipinski definition) is 2. The van der Waals surface area contributed by atoms with Gasteiger partial charge >= 0.3 is 0 Å². The first-order valence-corrected chi connectivity index (χ1v) is 8.03. The number of nitrogens with zero attached hydrogens (tertiary/aromatic N) is 1. The highest BCUT2D eigenvalue weighted by Crippen LogP contribution is 2.13. The molecule has 0 bridgehead atoms. The number of pyridine rings is 1. The van der Waals surface area contributed by atoms with Gasteiger partial charge < -0.3 is 5.32 Å². The van der Waals surface area contributed by atoms with Gasteiger partial charge in [-0.3, -0.25) is 4.98 Å². The molecule has 0 saturated carbocycles. The Hall–Kier alpha value is -1.38. The van der Waals surface area contributed by atoms with E-state index in [0.29, 0.717) is 6.04 Å². The van der Waals surface area contributed by atoms with Gasteiger partial charge in [-0.2, -0.15) is 0 Å². The van der Waals surface area contributed by atoms with Crippen LogP contribution in [0.15, 0.2) is 48.7 Å². The number of rotatable bonds is 8. The minimum atomic E-state index is 0.480. The van der Waals surface area contributed by atoms with Crippen LogP contribution in [0.3, 0.4) is 0 Å². The summed E-state index contributed by atoms with van der Waals surface area (Å²) in [6.07, 6.45) is 6.16. The summed E-state index contributed by atoms with van der Waals surface area (Å²) in [4.78, 5) is 4.40. The fourth-order valence-electron chi connectivity index (χ4n) is 2.40. The fourth-order valence-corrected chi connectivity index (χ4v) is 2.52. The highest BCUT2D eigenvalue weighted by molar-refractivity contribution is 6.30. The van der Waals surface area contributed by atoms with Gasteiger partial charge in [0.15, 0.2) is 0 Å². The third-order valence-electron chi connectivity index (χ3n) is 3.55. The molecule has 1 aromatic carbocycles. The second-order valence-electron chi connectivity index (χ2n) is 5.34. The number of benzene rings is 1. The Morgan fingerprint density at radius 1 is 1.14 bits per heavy atom. The second kappa shape index (κ2) is 8.81. The lowest BCUT2D eigenvalue weighted by Gasteiger charge is -2.18. The van der Waals surface area contributed by atoms with Crippen LogP contribution in [0, 0.1) is 0 Å². The summed E-state index contributed by atoms with van der Waals surface area (Å²) < 4.78 is 0. The molecule has 2 nitrogen and oxygen atoms in total. The van der Waals surface area contributed by atoms with E-state index in [2.05, 4.69) is 41.5 Å². The molecule has 0 radical (unpaired) electrons. The van der Waals surface area contributed by atoms with Crippen LogP contribution in [0.5, 0.6) is 0 Å². The second-order valence-corrected chi connectivity index (χ2v) is 5.78. The van der Waals surface area contributed by atoms with Gasteiger partial charge in [-0.15, -0.1) is 0 Å². The fraction of sp³-hybridized carbons (Fsp3) is 0.389. The van der Waals surface area contributed by atoms with Gasteiger partial charge in [-0.25, -0.2) is 0 Å². The average Bonchev–Trinajstić information content (AvgIpc) is 2.53. The van der Waals surface area contributed by atoms with E-state index >= 15 is 0 Å². The molecule has 0 spiro atoms. The van der Waals surface area contributed by atoms with E-state index in [-0.39, 0.29) is 0 Å². The Bertz CT molecular complexity index is 511. The molecule has 1 atom stereocenters. The number of hydrogen-bond donors (Lipinski definition) is 1. The van der Waals surface area contributed by atoms with Crippen molar-refractivity contribution in [2.24, 2.45) is 0 Å². The van der Waals surface area contributed by atoms with Crippen LogP contribution in [0.2, 0.25) is 5.02 Å². The van der Waals surface area contributed by atoms with Crippen molar-refractivity contribution < 1.29 is 0 Å². The van der Waals surface area contributed by atoms with Crippen molar-refractivity contribution in [2.75, 3.05) is 6.54 Å². The Labute approximate surface area is 132 Å². The topological polar surface area (TPSA) is 24.9 Å². The molecule has 0 aliphatic rings. The number of aromatic nitrogens is 1. The molecule has 2 aromatic rings. The molecule has 2 rings (SSSR count). The summed E-state index contributed by atoms with van der Waals surface area (Å²) in [5.74, 6) is 0. The molecule has 1 N–H and O–H groups in total. The van der Waals surface area contributed by atoms with Gasteiger partial charge in [0, 0.05) is 23.0 Å². The Morgan fingerprint density at radius 2 is 1.95 bits per heavy atom. The van der Waals surface area contributed by atoms with Crippen LogP contribution in [0.1, 0.15) is 31.0 Å². The summed E-state index contributed by atoms with van der Waals surface area (Å²) >= 11 is 5.95. The number of nitrogens with one attached hydrogen (secondary N) is 1. The molecule has 0 saturated heterocycles. The molecule has 1 heterocycles. The summed E-state index contributed by atoms with van der Waals surface area (Å²) in [5, 5.41) is 4.44. The molecular weight excluding hydrogens is 280 g/mol. The normalized spacial score (nSPS) is 12.3. The van der Waals surface area contributed by atoms with E-state index in [1.54, 1.807) is 0 Å². The van der Waals surface area contributed by atoms with E-state index in [4.69, 9.17) is 11.6 Å². The van der Waals surface area contributed by atoms with E-state index in [9.17, 15) is 0 Å². The van der Waals surface area contributed by atoms with Crippen LogP contribution in [-0.2, 0) is 12.8 Å². The van der Waals surface area contributed by atoms with Crippen molar-refractivity contribution in [3.63, 3.8) is 0 Å². The van der Waals surface area contributed by atoms with Gasteiger partial charge in [-0.1, -0.05) is 36.7 Å². The minimum absolute atomic E-state index is 0.480. The first-order valence-electron chi connectivity index (χ1n) is 7.65. The van der Waals surface area contributed by atoms with E-state index in [0.717, 1.165) is 42.9 Å². The van der Waals surface area contributed by atoms with Crippen molar-refractivity contribution in [1.29, 1.82) is 0 Å². The van der Waals surface area contributed by atoms with E-state index in [1.807, 2.05) is 24.4 Å². The number of halogens is 1. The third-order valence-corrected chi connectivity index (χ3v) is 3.81. The van der Waals surface area contributed by atoms with E-state index < -0.39 is 0 Å². The summed E-state index contributed by atoms with van der Waals surface area (Å²) in [6.45, 7) is 3.26. The maximum Gasteiger partial charge on any atom is 0.0406 e. The molecule has 112 valence electrons. The van der Waals surface area contributed by atoms with Crippen molar-refractivity contribution >= 4 is 11.6 Å². The highest BCUT2D eigenvalue weighted by Gasteiger charge is 2.09. The Morgan fingerprint density at radius 3 is 2.62 bits per heavy atom. The lowest BCUT2D eigenvalue weighted by molar-refractivity contribution is 0.475. The zero-order valence-corrected chi connectivity index (χ0v) is 13.3. The third kappa shape index (κ3) is 5.86. The van der Waals surface area contributed by atoms with Gasteiger partial charge in [0.25, 0.3) is 0 Å². The first-order chi connectivity index (χ1) is 10.3. The predicted molar refractivity (Wildman–Crippen MR) is 89.8 cm³/mol. The minimum Gasteiger partial charge on any atom is -0.314 e. The largest absolute Gasteiger partial charge is 0.314 e. The summed E-state index contributed by atoms with van der Waals surface area (Å²) in [5.41, 5.74) is 2.49. The predicted octanol–water partition coefficient (Wildman–Crippen LogP) is 4.28. The summed E-state index contributed by atoms with van der Waals surface area (Å²) in [7, 11) is 0. The molecule has 21 heavy (non-hydrogen) atoms. The zero-order valence-electron chi connectivity index (χ0n) is 12.6. The van der Waals surface area contributed by atoms with Gasteiger partial charge in [0.2, 0.25) is 0 Å². The van der Waals surface area contributed by atoms with Crippen LogP contribution in [0.4, 0.5) is 0 Å². The Balaban J connectivity index is 1.92. The van der Waals surface area contributed by atoms with Crippen LogP contribution < -0.4 is 5.32 Å². The molecule has 0 aliphatic heterocycles. The number of aryl methyl sites for hydroxylation is 1. The molecule has 0 aliphatic carbocycles. The van der Waals surface area contributed by atoms with Crippen molar-refractivity contribution in [1.82, 2.24) is 10.3 Å². The SMILES string of the molecule is CCCNC(CCc1ccccn1)Cc1ccc(Cl)cc1. The van der Waals surface area contributed by atoms with E-state index in [1.165, 1.54) is 5.56 Å². The molecule has 1 unspecified atom stereocenters. The van der Waals surface area contributed by atoms with Crippen LogP contribution in [-0.4, -0.2) is 17.6 Å². The Kier molecular flexibility index (Phi) is 6.71. The summed E-state index contributed by atoms with van der Waals surface area (Å²) in [6, 6.07) is 14.7. The van der Waals surface area contributed by atoms with Gasteiger partial charge in [0.1, 0.15) is 0 Å². The van der Waals surface area contributed by atoms with Gasteiger partial charge in [-0.05, 0) is 62.1 Å². The van der Waals surface area contributed by atoms with Crippen LogP contribution in [0.25, 0.3) is 0 Å². The first kappa shape index (κ1) is 16.0.